The van der Waals surface area contributed by atoms with Gasteiger partial charge in [0, 0.05) is 0 Å². The highest BCUT2D eigenvalue weighted by atomic mass is 14.1. The Balaban J connectivity index is 0.00000106. The van der Waals surface area contributed by atoms with Gasteiger partial charge in [-0.15, -0.1) is 0 Å². The quantitative estimate of drug-likeness (QED) is 0.615. The fourth-order valence-corrected chi connectivity index (χ4v) is 2.07. The molecule has 1 aromatic rings. The first-order valence-corrected chi connectivity index (χ1v) is 6.42. The Kier molecular flexibility index (Phi) is 9.08. The van der Waals surface area contributed by atoms with Crippen LogP contribution in [0.3, 0.4) is 0 Å². The van der Waals surface area contributed by atoms with Gasteiger partial charge in [0.05, 0.1) is 7.85 Å². The van der Waals surface area contributed by atoms with Gasteiger partial charge >= 0.3 is 0 Å². The Morgan fingerprint density at radius 2 is 1.75 bits per heavy atom. The number of aryl methyl sites for hydroxylation is 1. The molecule has 0 nitrogen and oxygen atoms in total. The zero-order valence-electron chi connectivity index (χ0n) is 11.3. The van der Waals surface area contributed by atoms with Crippen LogP contribution in [0.15, 0.2) is 24.3 Å². The molecule has 1 heteroatoms. The van der Waals surface area contributed by atoms with Crippen molar-refractivity contribution in [2.24, 2.45) is 0 Å². The van der Waals surface area contributed by atoms with E-state index in [2.05, 4.69) is 52.9 Å². The Bertz CT molecular complexity index is 268. The summed E-state index contributed by atoms with van der Waals surface area (Å²) < 4.78 is 0. The van der Waals surface area contributed by atoms with Crippen LogP contribution in [0.1, 0.15) is 56.6 Å². The standard InChI is InChI=1S/C14H22.CH3B/c1-4-6-10-13(5-2)14-11-8-7-9-12(14)3;1-2/h7-9,11,13H,4-6,10H2,1-3H3;1H3. The van der Waals surface area contributed by atoms with Gasteiger partial charge in [-0.25, -0.2) is 0 Å². The van der Waals surface area contributed by atoms with Crippen molar-refractivity contribution in [3.63, 3.8) is 0 Å². The lowest BCUT2D eigenvalue weighted by Gasteiger charge is -2.17. The topological polar surface area (TPSA) is 0 Å². The van der Waals surface area contributed by atoms with Gasteiger partial charge in [0.15, 0.2) is 0 Å². The molecule has 0 heterocycles. The summed E-state index contributed by atoms with van der Waals surface area (Å²) in [7, 11) is 4.50. The van der Waals surface area contributed by atoms with Gasteiger partial charge in [0.2, 0.25) is 0 Å². The third kappa shape index (κ3) is 4.87. The lowest BCUT2D eigenvalue weighted by atomic mass is 9.88. The molecule has 0 saturated carbocycles. The Labute approximate surface area is 103 Å². The van der Waals surface area contributed by atoms with Crippen molar-refractivity contribution in [3.05, 3.63) is 35.4 Å². The molecule has 1 atom stereocenters. The van der Waals surface area contributed by atoms with Gasteiger partial charge in [-0.05, 0) is 36.8 Å². The minimum absolute atomic E-state index is 0.774. The molecule has 0 aliphatic rings. The van der Waals surface area contributed by atoms with Crippen molar-refractivity contribution < 1.29 is 0 Å². The van der Waals surface area contributed by atoms with Gasteiger partial charge in [-0.3, -0.25) is 0 Å². The molecule has 0 aromatic heterocycles. The Morgan fingerprint density at radius 1 is 1.12 bits per heavy atom. The van der Waals surface area contributed by atoms with E-state index in [0.717, 1.165) is 5.92 Å². The van der Waals surface area contributed by atoms with E-state index < -0.39 is 0 Å². The molecular weight excluding hydrogens is 191 g/mol. The van der Waals surface area contributed by atoms with Crippen LogP contribution in [0.2, 0.25) is 6.82 Å². The maximum atomic E-state index is 4.50. The van der Waals surface area contributed by atoms with E-state index in [9.17, 15) is 0 Å². The monoisotopic (exact) mass is 216 g/mol. The first-order valence-electron chi connectivity index (χ1n) is 6.42. The van der Waals surface area contributed by atoms with Gasteiger partial charge in [-0.1, -0.05) is 57.8 Å². The highest BCUT2D eigenvalue weighted by Gasteiger charge is 2.10. The molecule has 1 aromatic carbocycles. The second-order valence-electron chi connectivity index (χ2n) is 4.10. The highest BCUT2D eigenvalue weighted by Crippen LogP contribution is 2.27. The van der Waals surface area contributed by atoms with Crippen molar-refractivity contribution >= 4 is 7.85 Å². The molecule has 2 radical (unpaired) electrons. The average Bonchev–Trinajstić information content (AvgIpc) is 2.35. The van der Waals surface area contributed by atoms with Crippen molar-refractivity contribution in [1.82, 2.24) is 0 Å². The predicted octanol–water partition coefficient (Wildman–Crippen LogP) is 4.88. The summed E-state index contributed by atoms with van der Waals surface area (Å²) in [5, 5.41) is 0. The van der Waals surface area contributed by atoms with Crippen molar-refractivity contribution in [2.75, 3.05) is 0 Å². The maximum Gasteiger partial charge on any atom is 0.0606 e. The molecule has 0 fully saturated rings. The van der Waals surface area contributed by atoms with Crippen LogP contribution in [0, 0.1) is 6.92 Å². The van der Waals surface area contributed by atoms with Crippen molar-refractivity contribution in [2.45, 2.75) is 59.2 Å². The Morgan fingerprint density at radius 3 is 2.25 bits per heavy atom. The van der Waals surface area contributed by atoms with E-state index in [1.165, 1.54) is 38.1 Å². The fraction of sp³-hybridized carbons (Fsp3) is 0.600. The van der Waals surface area contributed by atoms with Crippen molar-refractivity contribution in [3.8, 4) is 0 Å². The van der Waals surface area contributed by atoms with E-state index in [1.807, 2.05) is 0 Å². The summed E-state index contributed by atoms with van der Waals surface area (Å²) in [4.78, 5) is 0. The second kappa shape index (κ2) is 9.51. The maximum absolute atomic E-state index is 4.50. The molecule has 0 spiro atoms. The molecule has 1 rings (SSSR count). The summed E-state index contributed by atoms with van der Waals surface area (Å²) in [6.45, 7) is 8.29. The SMILES string of the molecule is CCCCC(CC)c1ccccc1C.[B]C. The summed E-state index contributed by atoms with van der Waals surface area (Å²) in [5.74, 6) is 0.774. The molecule has 0 amide bonds. The first-order chi connectivity index (χ1) is 7.79. The minimum Gasteiger partial charge on any atom is -0.0999 e. The lowest BCUT2D eigenvalue weighted by Crippen LogP contribution is -1.99. The zero-order valence-corrected chi connectivity index (χ0v) is 11.3. The fourth-order valence-electron chi connectivity index (χ4n) is 2.07. The van der Waals surface area contributed by atoms with E-state index in [4.69, 9.17) is 0 Å². The van der Waals surface area contributed by atoms with Crippen LogP contribution in [0.5, 0.6) is 0 Å². The molecule has 0 aliphatic carbocycles. The Hall–Kier alpha value is -0.715. The molecule has 88 valence electrons. The molecule has 0 N–H and O–H groups in total. The smallest absolute Gasteiger partial charge is 0.0606 e. The normalized spacial score (nSPS) is 11.5. The van der Waals surface area contributed by atoms with Gasteiger partial charge in [0.1, 0.15) is 0 Å². The molecule has 0 bridgehead atoms. The third-order valence-corrected chi connectivity index (χ3v) is 3.03. The molecule has 1 unspecified atom stereocenters. The number of benzene rings is 1. The van der Waals surface area contributed by atoms with Gasteiger partial charge in [-0.2, -0.15) is 0 Å². The van der Waals surface area contributed by atoms with Crippen molar-refractivity contribution in [1.29, 1.82) is 0 Å². The van der Waals surface area contributed by atoms with Crippen LogP contribution < -0.4 is 0 Å². The van der Waals surface area contributed by atoms with E-state index in [0.29, 0.717) is 0 Å². The highest BCUT2D eigenvalue weighted by molar-refractivity contribution is 6.05. The van der Waals surface area contributed by atoms with E-state index in [1.54, 1.807) is 5.56 Å². The summed E-state index contributed by atoms with van der Waals surface area (Å²) in [6, 6.07) is 8.81. The van der Waals surface area contributed by atoms with Crippen LogP contribution in [-0.4, -0.2) is 7.85 Å². The predicted molar refractivity (Wildman–Crippen MR) is 75.4 cm³/mol. The molecule has 16 heavy (non-hydrogen) atoms. The first kappa shape index (κ1) is 15.3. The molecular formula is C15H25B. The summed E-state index contributed by atoms with van der Waals surface area (Å²) >= 11 is 0. The number of hydrogen-bond donors (Lipinski definition) is 0. The zero-order chi connectivity index (χ0) is 12.4. The van der Waals surface area contributed by atoms with E-state index in [-0.39, 0.29) is 0 Å². The average molecular weight is 216 g/mol. The number of unbranched alkanes of at least 4 members (excludes halogenated alkanes) is 1. The van der Waals surface area contributed by atoms with Crippen LogP contribution >= 0.6 is 0 Å². The largest absolute Gasteiger partial charge is 0.0999 e. The molecule has 0 aliphatic heterocycles. The number of hydrogen-bond acceptors (Lipinski definition) is 0. The number of rotatable bonds is 5. The molecule has 0 saturated heterocycles. The third-order valence-electron chi connectivity index (χ3n) is 3.03. The lowest BCUT2D eigenvalue weighted by molar-refractivity contribution is 0.567. The van der Waals surface area contributed by atoms with Crippen LogP contribution in [-0.2, 0) is 0 Å². The summed E-state index contributed by atoms with van der Waals surface area (Å²) in [5.41, 5.74) is 3.01. The van der Waals surface area contributed by atoms with Crippen LogP contribution in [0.25, 0.3) is 0 Å². The second-order valence-corrected chi connectivity index (χ2v) is 4.10. The van der Waals surface area contributed by atoms with E-state index >= 15 is 0 Å². The van der Waals surface area contributed by atoms with Crippen LogP contribution in [0.4, 0.5) is 0 Å². The van der Waals surface area contributed by atoms with Gasteiger partial charge in [0.25, 0.3) is 0 Å². The minimum atomic E-state index is 0.774. The summed E-state index contributed by atoms with van der Waals surface area (Å²) in [6.07, 6.45) is 5.28. The van der Waals surface area contributed by atoms with Gasteiger partial charge < -0.3 is 0 Å².